The van der Waals surface area contributed by atoms with Crippen molar-refractivity contribution in [3.05, 3.63) is 45.9 Å². The maximum absolute atomic E-state index is 12.4. The predicted molar refractivity (Wildman–Crippen MR) is 96.2 cm³/mol. The Hall–Kier alpha value is -2.25. The summed E-state index contributed by atoms with van der Waals surface area (Å²) in [5.74, 6) is -0.301. The fourth-order valence-electron chi connectivity index (χ4n) is 2.19. The minimum Gasteiger partial charge on any atom is -0.355 e. The van der Waals surface area contributed by atoms with E-state index in [-0.39, 0.29) is 17.9 Å². The van der Waals surface area contributed by atoms with E-state index in [1.165, 1.54) is 0 Å². The van der Waals surface area contributed by atoms with Gasteiger partial charge in [0.05, 0.1) is 11.0 Å². The summed E-state index contributed by atoms with van der Waals surface area (Å²) in [6.45, 7) is 4.48. The zero-order valence-electron chi connectivity index (χ0n) is 14.3. The van der Waals surface area contributed by atoms with Crippen molar-refractivity contribution >= 4 is 28.8 Å². The van der Waals surface area contributed by atoms with E-state index in [1.54, 1.807) is 42.6 Å². The highest BCUT2D eigenvalue weighted by Gasteiger charge is 2.19. The zero-order valence-corrected chi connectivity index (χ0v) is 15.1. The van der Waals surface area contributed by atoms with Crippen LogP contribution in [0, 0.1) is 6.92 Å². The van der Waals surface area contributed by atoms with E-state index in [4.69, 9.17) is 0 Å². The number of hydrogen-bond acceptors (Lipinski definition) is 5. The molecule has 0 bridgehead atoms. The van der Waals surface area contributed by atoms with Crippen LogP contribution in [0.25, 0.3) is 0 Å². The molecule has 2 amide bonds. The number of aromatic nitrogens is 1. The molecular formula is C17H22N4O2S. The largest absolute Gasteiger partial charge is 0.355 e. The molecule has 0 saturated carbocycles. The van der Waals surface area contributed by atoms with Gasteiger partial charge in [0.15, 0.2) is 0 Å². The van der Waals surface area contributed by atoms with Gasteiger partial charge in [-0.1, -0.05) is 6.07 Å². The SMILES string of the molecule is CNC(=O)c1cccc(NC(=O)[C@H](C)N(C)Cc2cnc(C)s2)c1. The van der Waals surface area contributed by atoms with Gasteiger partial charge in [0.25, 0.3) is 5.91 Å². The molecule has 24 heavy (non-hydrogen) atoms. The summed E-state index contributed by atoms with van der Waals surface area (Å²) in [4.78, 5) is 31.4. The summed E-state index contributed by atoms with van der Waals surface area (Å²) in [5, 5.41) is 6.44. The average Bonchev–Trinajstić information content (AvgIpc) is 2.98. The van der Waals surface area contributed by atoms with Gasteiger partial charge < -0.3 is 10.6 Å². The highest BCUT2D eigenvalue weighted by molar-refractivity contribution is 7.11. The van der Waals surface area contributed by atoms with Gasteiger partial charge in [-0.05, 0) is 39.1 Å². The second-order valence-electron chi connectivity index (χ2n) is 5.59. The molecule has 6 nitrogen and oxygen atoms in total. The van der Waals surface area contributed by atoms with Gasteiger partial charge in [0, 0.05) is 35.9 Å². The number of nitrogens with one attached hydrogen (secondary N) is 2. The fourth-order valence-corrected chi connectivity index (χ4v) is 3.05. The molecule has 1 heterocycles. The molecular weight excluding hydrogens is 324 g/mol. The molecule has 2 rings (SSSR count). The standard InChI is InChI=1S/C17H22N4O2S/c1-11(21(4)10-15-9-19-12(2)24-15)16(22)20-14-7-5-6-13(8-14)17(23)18-3/h5-9,11H,10H2,1-4H3,(H,18,23)(H,20,22)/t11-/m0/s1. The van der Waals surface area contributed by atoms with E-state index in [0.717, 1.165) is 9.88 Å². The van der Waals surface area contributed by atoms with Crippen molar-refractivity contribution < 1.29 is 9.59 Å². The first kappa shape index (κ1) is 18.1. The van der Waals surface area contributed by atoms with Crippen LogP contribution in [0.3, 0.4) is 0 Å². The average molecular weight is 346 g/mol. The van der Waals surface area contributed by atoms with Crippen LogP contribution in [-0.2, 0) is 11.3 Å². The van der Waals surface area contributed by atoms with Crippen molar-refractivity contribution in [2.45, 2.75) is 26.4 Å². The number of amides is 2. The summed E-state index contributed by atoms with van der Waals surface area (Å²) in [7, 11) is 3.48. The fraction of sp³-hybridized carbons (Fsp3) is 0.353. The van der Waals surface area contributed by atoms with Crippen molar-refractivity contribution in [3.63, 3.8) is 0 Å². The Balaban J connectivity index is 1.99. The molecule has 1 aromatic carbocycles. The molecule has 0 radical (unpaired) electrons. The van der Waals surface area contributed by atoms with Crippen LogP contribution < -0.4 is 10.6 Å². The molecule has 2 N–H and O–H groups in total. The number of hydrogen-bond donors (Lipinski definition) is 2. The van der Waals surface area contributed by atoms with Crippen LogP contribution in [0.4, 0.5) is 5.69 Å². The van der Waals surface area contributed by atoms with Crippen molar-refractivity contribution in [1.82, 2.24) is 15.2 Å². The number of nitrogens with zero attached hydrogens (tertiary/aromatic N) is 2. The predicted octanol–water partition coefficient (Wildman–Crippen LogP) is 2.27. The second-order valence-corrected chi connectivity index (χ2v) is 6.91. The first-order chi connectivity index (χ1) is 11.4. The van der Waals surface area contributed by atoms with Crippen LogP contribution in [0.2, 0.25) is 0 Å². The molecule has 0 aliphatic rings. The summed E-state index contributed by atoms with van der Waals surface area (Å²) >= 11 is 1.63. The lowest BCUT2D eigenvalue weighted by Crippen LogP contribution is -2.39. The second kappa shape index (κ2) is 8.03. The lowest BCUT2D eigenvalue weighted by Gasteiger charge is -2.23. The molecule has 0 saturated heterocycles. The minimum atomic E-state index is -0.309. The van der Waals surface area contributed by atoms with Crippen molar-refractivity contribution in [2.24, 2.45) is 0 Å². The van der Waals surface area contributed by atoms with Crippen LogP contribution in [-0.4, -0.2) is 41.8 Å². The number of rotatable bonds is 6. The molecule has 2 aromatic rings. The smallest absolute Gasteiger partial charge is 0.251 e. The molecule has 0 aliphatic heterocycles. The van der Waals surface area contributed by atoms with Crippen LogP contribution >= 0.6 is 11.3 Å². The summed E-state index contributed by atoms with van der Waals surface area (Å²) < 4.78 is 0. The van der Waals surface area contributed by atoms with Gasteiger partial charge in [-0.3, -0.25) is 14.5 Å². The Labute approximate surface area is 145 Å². The molecule has 1 atom stereocenters. The lowest BCUT2D eigenvalue weighted by molar-refractivity contribution is -0.120. The highest BCUT2D eigenvalue weighted by atomic mass is 32.1. The monoisotopic (exact) mass is 346 g/mol. The zero-order chi connectivity index (χ0) is 17.7. The summed E-state index contributed by atoms with van der Waals surface area (Å²) in [6.07, 6.45) is 1.84. The van der Waals surface area contributed by atoms with E-state index in [2.05, 4.69) is 15.6 Å². The Bertz CT molecular complexity index is 729. The highest BCUT2D eigenvalue weighted by Crippen LogP contribution is 2.16. The topological polar surface area (TPSA) is 74.3 Å². The number of aryl methyl sites for hydroxylation is 1. The number of benzene rings is 1. The van der Waals surface area contributed by atoms with E-state index < -0.39 is 0 Å². The Kier molecular flexibility index (Phi) is 6.05. The lowest BCUT2D eigenvalue weighted by atomic mass is 10.2. The van der Waals surface area contributed by atoms with Gasteiger partial charge in [0.1, 0.15) is 0 Å². The maximum atomic E-state index is 12.4. The van der Waals surface area contributed by atoms with E-state index in [9.17, 15) is 9.59 Å². The molecule has 7 heteroatoms. The van der Waals surface area contributed by atoms with E-state index in [0.29, 0.717) is 17.8 Å². The van der Waals surface area contributed by atoms with Crippen LogP contribution in [0.15, 0.2) is 30.5 Å². The molecule has 0 aliphatic carbocycles. The summed E-state index contributed by atoms with van der Waals surface area (Å²) in [6, 6.07) is 6.57. The number of anilines is 1. The normalized spacial score (nSPS) is 12.0. The van der Waals surface area contributed by atoms with E-state index in [1.807, 2.05) is 32.0 Å². The van der Waals surface area contributed by atoms with Gasteiger partial charge in [-0.25, -0.2) is 4.98 Å². The van der Waals surface area contributed by atoms with Gasteiger partial charge in [-0.15, -0.1) is 11.3 Å². The molecule has 128 valence electrons. The van der Waals surface area contributed by atoms with Gasteiger partial charge in [-0.2, -0.15) is 0 Å². The van der Waals surface area contributed by atoms with Gasteiger partial charge >= 0.3 is 0 Å². The Morgan fingerprint density at radius 2 is 2.12 bits per heavy atom. The first-order valence-corrected chi connectivity index (χ1v) is 8.47. The molecule has 0 fully saturated rings. The Morgan fingerprint density at radius 3 is 2.75 bits per heavy atom. The van der Waals surface area contributed by atoms with Crippen LogP contribution in [0.1, 0.15) is 27.2 Å². The third-order valence-corrected chi connectivity index (χ3v) is 4.63. The first-order valence-electron chi connectivity index (χ1n) is 7.65. The quantitative estimate of drug-likeness (QED) is 0.841. The number of carbonyl (C=O) groups is 2. The molecule has 0 spiro atoms. The van der Waals surface area contributed by atoms with Crippen LogP contribution in [0.5, 0.6) is 0 Å². The van der Waals surface area contributed by atoms with Crippen molar-refractivity contribution in [2.75, 3.05) is 19.4 Å². The Morgan fingerprint density at radius 1 is 1.38 bits per heavy atom. The molecule has 0 unspecified atom stereocenters. The number of likely N-dealkylation sites (N-methyl/N-ethyl adjacent to an activating group) is 1. The molecule has 1 aromatic heterocycles. The van der Waals surface area contributed by atoms with Crippen molar-refractivity contribution in [3.8, 4) is 0 Å². The van der Waals surface area contributed by atoms with E-state index >= 15 is 0 Å². The number of thiazole rings is 1. The third-order valence-electron chi connectivity index (χ3n) is 3.73. The summed E-state index contributed by atoms with van der Waals surface area (Å²) in [5.41, 5.74) is 1.12. The van der Waals surface area contributed by atoms with Crippen molar-refractivity contribution in [1.29, 1.82) is 0 Å². The third kappa shape index (κ3) is 4.62. The number of carbonyl (C=O) groups excluding carboxylic acids is 2. The minimum absolute atomic E-state index is 0.118. The van der Waals surface area contributed by atoms with Gasteiger partial charge in [0.2, 0.25) is 5.91 Å². The maximum Gasteiger partial charge on any atom is 0.251 e.